The van der Waals surface area contributed by atoms with Gasteiger partial charge in [-0.05, 0) is 31.4 Å². The van der Waals surface area contributed by atoms with Gasteiger partial charge >= 0.3 is 0 Å². The van der Waals surface area contributed by atoms with Crippen molar-refractivity contribution in [3.8, 4) is 0 Å². The molecule has 1 aliphatic rings. The maximum absolute atomic E-state index is 4.14. The Kier molecular flexibility index (Phi) is 1.75. The molecule has 0 spiro atoms. The summed E-state index contributed by atoms with van der Waals surface area (Å²) in [5.41, 5.74) is 2.74. The van der Waals surface area contributed by atoms with E-state index in [9.17, 15) is 0 Å². The molecule has 2 nitrogen and oxygen atoms in total. The summed E-state index contributed by atoms with van der Waals surface area (Å²) in [6.07, 6.45) is 6.30. The maximum Gasteiger partial charge on any atom is 0.0585 e. The van der Waals surface area contributed by atoms with Gasteiger partial charge in [0.1, 0.15) is 0 Å². The van der Waals surface area contributed by atoms with E-state index in [1.165, 1.54) is 24.1 Å². The molecule has 0 saturated carbocycles. The predicted molar refractivity (Wildman–Crippen MR) is 50.4 cm³/mol. The van der Waals surface area contributed by atoms with Gasteiger partial charge in [0.15, 0.2) is 0 Å². The minimum Gasteiger partial charge on any atom is -0.370 e. The lowest BCUT2D eigenvalue weighted by molar-refractivity contribution is 0.597. The standard InChI is InChI=1S/C10H14N2/c1-8-3-4-9-5-6-11-7-10(9)12(8)2/h5-8H,3-4H2,1-2H3/t8-/m1/s1. The molecule has 1 aliphatic heterocycles. The van der Waals surface area contributed by atoms with Crippen LogP contribution in [0.25, 0.3) is 0 Å². The first-order valence-electron chi connectivity index (χ1n) is 4.45. The van der Waals surface area contributed by atoms with Crippen molar-refractivity contribution in [3.63, 3.8) is 0 Å². The summed E-state index contributed by atoms with van der Waals surface area (Å²) >= 11 is 0. The lowest BCUT2D eigenvalue weighted by atomic mass is 9.99. The third-order valence-electron chi connectivity index (χ3n) is 2.76. The highest BCUT2D eigenvalue weighted by atomic mass is 15.1. The molecule has 12 heavy (non-hydrogen) atoms. The zero-order chi connectivity index (χ0) is 8.55. The van der Waals surface area contributed by atoms with Gasteiger partial charge in [0.2, 0.25) is 0 Å². The Morgan fingerprint density at radius 3 is 3.25 bits per heavy atom. The molecular weight excluding hydrogens is 148 g/mol. The lowest BCUT2D eigenvalue weighted by Crippen LogP contribution is -2.33. The van der Waals surface area contributed by atoms with Crippen LogP contribution >= 0.6 is 0 Å². The minimum atomic E-state index is 0.654. The van der Waals surface area contributed by atoms with E-state index in [4.69, 9.17) is 0 Å². The van der Waals surface area contributed by atoms with E-state index < -0.39 is 0 Å². The molecule has 0 radical (unpaired) electrons. The first-order valence-corrected chi connectivity index (χ1v) is 4.45. The summed E-state index contributed by atoms with van der Waals surface area (Å²) in [5, 5.41) is 0. The zero-order valence-corrected chi connectivity index (χ0v) is 7.62. The Morgan fingerprint density at radius 2 is 2.42 bits per heavy atom. The summed E-state index contributed by atoms with van der Waals surface area (Å²) in [6, 6.07) is 2.78. The van der Waals surface area contributed by atoms with Gasteiger partial charge in [-0.3, -0.25) is 4.98 Å². The number of rotatable bonds is 0. The van der Waals surface area contributed by atoms with Crippen LogP contribution in [-0.4, -0.2) is 18.1 Å². The second-order valence-corrected chi connectivity index (χ2v) is 3.50. The van der Waals surface area contributed by atoms with Crippen LogP contribution in [0.5, 0.6) is 0 Å². The highest BCUT2D eigenvalue weighted by molar-refractivity contribution is 5.53. The van der Waals surface area contributed by atoms with Gasteiger partial charge in [-0.2, -0.15) is 0 Å². The monoisotopic (exact) mass is 162 g/mol. The number of anilines is 1. The fourth-order valence-electron chi connectivity index (χ4n) is 1.74. The quantitative estimate of drug-likeness (QED) is 0.578. The van der Waals surface area contributed by atoms with Crippen molar-refractivity contribution in [2.75, 3.05) is 11.9 Å². The van der Waals surface area contributed by atoms with Crippen molar-refractivity contribution in [2.45, 2.75) is 25.8 Å². The molecule has 0 N–H and O–H groups in total. The third-order valence-corrected chi connectivity index (χ3v) is 2.76. The van der Waals surface area contributed by atoms with Crippen molar-refractivity contribution in [3.05, 3.63) is 24.0 Å². The summed E-state index contributed by atoms with van der Waals surface area (Å²) in [5.74, 6) is 0. The smallest absolute Gasteiger partial charge is 0.0585 e. The van der Waals surface area contributed by atoms with E-state index in [1.54, 1.807) is 0 Å². The largest absolute Gasteiger partial charge is 0.370 e. The second kappa shape index (κ2) is 2.77. The first-order chi connectivity index (χ1) is 5.79. The van der Waals surface area contributed by atoms with Crippen LogP contribution in [0.3, 0.4) is 0 Å². The van der Waals surface area contributed by atoms with Crippen molar-refractivity contribution in [2.24, 2.45) is 0 Å². The molecule has 0 amide bonds. The fraction of sp³-hybridized carbons (Fsp3) is 0.500. The number of aryl methyl sites for hydroxylation is 1. The lowest BCUT2D eigenvalue weighted by Gasteiger charge is -2.33. The number of aromatic nitrogens is 1. The fourth-order valence-corrected chi connectivity index (χ4v) is 1.74. The number of fused-ring (bicyclic) bond motifs is 1. The molecule has 1 atom stereocenters. The van der Waals surface area contributed by atoms with E-state index >= 15 is 0 Å². The molecule has 0 saturated heterocycles. The Labute approximate surface area is 73.2 Å². The van der Waals surface area contributed by atoms with Crippen LogP contribution in [0, 0.1) is 0 Å². The Bertz CT molecular complexity index is 283. The van der Waals surface area contributed by atoms with E-state index in [2.05, 4.69) is 29.9 Å². The van der Waals surface area contributed by atoms with Crippen molar-refractivity contribution < 1.29 is 0 Å². The average molecular weight is 162 g/mol. The topological polar surface area (TPSA) is 16.1 Å². The molecule has 0 fully saturated rings. The van der Waals surface area contributed by atoms with Gasteiger partial charge in [-0.1, -0.05) is 0 Å². The second-order valence-electron chi connectivity index (χ2n) is 3.50. The van der Waals surface area contributed by atoms with Crippen LogP contribution in [0.4, 0.5) is 5.69 Å². The SMILES string of the molecule is C[C@@H]1CCc2ccncc2N1C. The van der Waals surface area contributed by atoms with E-state index in [1.807, 2.05) is 12.4 Å². The van der Waals surface area contributed by atoms with Gasteiger partial charge in [-0.25, -0.2) is 0 Å². The highest BCUT2D eigenvalue weighted by Gasteiger charge is 2.18. The van der Waals surface area contributed by atoms with Crippen molar-refractivity contribution in [1.82, 2.24) is 4.98 Å². The normalized spacial score (nSPS) is 22.2. The van der Waals surface area contributed by atoms with Crippen LogP contribution < -0.4 is 4.90 Å². The van der Waals surface area contributed by atoms with E-state index in [0.29, 0.717) is 6.04 Å². The molecule has 1 aromatic rings. The molecule has 0 aromatic carbocycles. The third kappa shape index (κ3) is 1.07. The van der Waals surface area contributed by atoms with Gasteiger partial charge in [0.25, 0.3) is 0 Å². The molecule has 64 valence electrons. The molecule has 2 heterocycles. The number of nitrogens with zero attached hydrogens (tertiary/aromatic N) is 2. The Morgan fingerprint density at radius 1 is 1.58 bits per heavy atom. The molecule has 0 bridgehead atoms. The molecular formula is C10H14N2. The molecule has 0 unspecified atom stereocenters. The Hall–Kier alpha value is -1.05. The highest BCUT2D eigenvalue weighted by Crippen LogP contribution is 2.27. The van der Waals surface area contributed by atoms with E-state index in [-0.39, 0.29) is 0 Å². The summed E-state index contributed by atoms with van der Waals surface area (Å²) in [6.45, 7) is 2.26. The van der Waals surface area contributed by atoms with Crippen molar-refractivity contribution in [1.29, 1.82) is 0 Å². The minimum absolute atomic E-state index is 0.654. The first kappa shape index (κ1) is 7.59. The van der Waals surface area contributed by atoms with Crippen LogP contribution in [0.2, 0.25) is 0 Å². The van der Waals surface area contributed by atoms with Crippen molar-refractivity contribution >= 4 is 5.69 Å². The van der Waals surface area contributed by atoms with Gasteiger partial charge in [0, 0.05) is 19.3 Å². The summed E-state index contributed by atoms with van der Waals surface area (Å²) in [7, 11) is 2.14. The van der Waals surface area contributed by atoms with Gasteiger partial charge < -0.3 is 4.90 Å². The number of hydrogen-bond donors (Lipinski definition) is 0. The number of pyridine rings is 1. The molecule has 1 aromatic heterocycles. The summed E-state index contributed by atoms with van der Waals surface area (Å²) in [4.78, 5) is 6.45. The molecule has 2 heteroatoms. The predicted octanol–water partition coefficient (Wildman–Crippen LogP) is 1.85. The zero-order valence-electron chi connectivity index (χ0n) is 7.62. The van der Waals surface area contributed by atoms with Gasteiger partial charge in [-0.15, -0.1) is 0 Å². The van der Waals surface area contributed by atoms with Crippen LogP contribution in [0.1, 0.15) is 18.9 Å². The van der Waals surface area contributed by atoms with Crippen LogP contribution in [-0.2, 0) is 6.42 Å². The number of hydrogen-bond acceptors (Lipinski definition) is 2. The molecule has 0 aliphatic carbocycles. The maximum atomic E-state index is 4.14. The summed E-state index contributed by atoms with van der Waals surface area (Å²) < 4.78 is 0. The molecule has 2 rings (SSSR count). The van der Waals surface area contributed by atoms with E-state index in [0.717, 1.165) is 0 Å². The van der Waals surface area contributed by atoms with Gasteiger partial charge in [0.05, 0.1) is 11.9 Å². The van der Waals surface area contributed by atoms with Crippen LogP contribution in [0.15, 0.2) is 18.5 Å². The Balaban J connectivity index is 2.42. The average Bonchev–Trinajstić information content (AvgIpc) is 2.12.